The number of aromatic nitrogens is 2. The molecule has 0 bridgehead atoms. The minimum absolute atomic E-state index is 0.0614. The van der Waals surface area contributed by atoms with Crippen LogP contribution < -0.4 is 15.4 Å². The molecule has 156 valence electrons. The molecule has 6 nitrogen and oxygen atoms in total. The number of rotatable bonds is 6. The Morgan fingerprint density at radius 2 is 1.93 bits per heavy atom. The number of amides is 1. The molecule has 0 saturated carbocycles. The molecule has 1 saturated heterocycles. The molecular formula is C22H22F2N4O2. The van der Waals surface area contributed by atoms with E-state index in [1.54, 1.807) is 18.3 Å². The Balaban J connectivity index is 1.39. The lowest BCUT2D eigenvalue weighted by Gasteiger charge is -2.23. The van der Waals surface area contributed by atoms with E-state index in [-0.39, 0.29) is 11.7 Å². The molecule has 8 heteroatoms. The first-order valence-electron chi connectivity index (χ1n) is 9.80. The quantitative estimate of drug-likeness (QED) is 0.637. The standard InChI is InChI=1S/C22H22F2N4O2/c23-22(24)30-20-9-7-19(8-10-20)28-14-17(13-26-28)21(29)27-18-5-3-15(4-6-18)16-2-1-11-25-12-16/h3-10,13-14,16,22,25H,1-2,11-12H2,(H,27,29). The molecule has 1 unspecified atom stereocenters. The van der Waals surface area contributed by atoms with Gasteiger partial charge in [-0.2, -0.15) is 13.9 Å². The SMILES string of the molecule is O=C(Nc1ccc(C2CCCNC2)cc1)c1cnn(-c2ccc(OC(F)F)cc2)c1. The summed E-state index contributed by atoms with van der Waals surface area (Å²) in [6.45, 7) is -0.809. The molecule has 30 heavy (non-hydrogen) atoms. The van der Waals surface area contributed by atoms with Crippen molar-refractivity contribution in [3.8, 4) is 11.4 Å². The van der Waals surface area contributed by atoms with Crippen LogP contribution in [0.2, 0.25) is 0 Å². The summed E-state index contributed by atoms with van der Waals surface area (Å²) in [4.78, 5) is 12.5. The molecule has 1 aliphatic heterocycles. The minimum Gasteiger partial charge on any atom is -0.435 e. The second-order valence-electron chi connectivity index (χ2n) is 7.17. The van der Waals surface area contributed by atoms with E-state index >= 15 is 0 Å². The van der Waals surface area contributed by atoms with Gasteiger partial charge in [-0.05, 0) is 67.3 Å². The fraction of sp³-hybridized carbons (Fsp3) is 0.273. The fourth-order valence-corrected chi connectivity index (χ4v) is 3.54. The van der Waals surface area contributed by atoms with Crippen LogP contribution in [0.3, 0.4) is 0 Å². The Bertz CT molecular complexity index is 981. The van der Waals surface area contributed by atoms with E-state index < -0.39 is 6.61 Å². The Morgan fingerprint density at radius 1 is 1.17 bits per heavy atom. The number of carbonyl (C=O) groups is 1. The molecule has 2 N–H and O–H groups in total. The molecule has 1 fully saturated rings. The summed E-state index contributed by atoms with van der Waals surface area (Å²) >= 11 is 0. The smallest absolute Gasteiger partial charge is 0.387 e. The van der Waals surface area contributed by atoms with E-state index in [2.05, 4.69) is 32.6 Å². The van der Waals surface area contributed by atoms with Crippen LogP contribution >= 0.6 is 0 Å². The highest BCUT2D eigenvalue weighted by Crippen LogP contribution is 2.24. The van der Waals surface area contributed by atoms with E-state index in [4.69, 9.17) is 0 Å². The van der Waals surface area contributed by atoms with Crippen molar-refractivity contribution in [1.29, 1.82) is 0 Å². The van der Waals surface area contributed by atoms with Gasteiger partial charge in [0.1, 0.15) is 5.75 Å². The molecule has 1 atom stereocenters. The summed E-state index contributed by atoms with van der Waals surface area (Å²) in [5, 5.41) is 10.5. The van der Waals surface area contributed by atoms with Crippen molar-refractivity contribution in [2.45, 2.75) is 25.4 Å². The number of halogens is 2. The molecule has 1 aliphatic rings. The molecule has 0 radical (unpaired) electrons. The number of alkyl halides is 2. The van der Waals surface area contributed by atoms with Crippen molar-refractivity contribution in [3.63, 3.8) is 0 Å². The van der Waals surface area contributed by atoms with Crippen molar-refractivity contribution in [2.24, 2.45) is 0 Å². The molecule has 1 aromatic heterocycles. The van der Waals surface area contributed by atoms with Gasteiger partial charge in [0, 0.05) is 18.4 Å². The number of benzene rings is 2. The van der Waals surface area contributed by atoms with E-state index in [1.165, 1.54) is 41.4 Å². The number of carbonyl (C=O) groups excluding carboxylic acids is 1. The largest absolute Gasteiger partial charge is 0.435 e. The van der Waals surface area contributed by atoms with Gasteiger partial charge in [-0.1, -0.05) is 12.1 Å². The van der Waals surface area contributed by atoms with Crippen molar-refractivity contribution >= 4 is 11.6 Å². The van der Waals surface area contributed by atoms with E-state index in [0.29, 0.717) is 22.9 Å². The highest BCUT2D eigenvalue weighted by Gasteiger charge is 2.15. The minimum atomic E-state index is -2.87. The molecule has 0 aliphatic carbocycles. The summed E-state index contributed by atoms with van der Waals surface area (Å²) in [5.74, 6) is 0.302. The number of hydrogen-bond donors (Lipinski definition) is 2. The van der Waals surface area contributed by atoms with Gasteiger partial charge in [-0.25, -0.2) is 4.68 Å². The van der Waals surface area contributed by atoms with Gasteiger partial charge in [-0.3, -0.25) is 4.79 Å². The van der Waals surface area contributed by atoms with Gasteiger partial charge in [0.25, 0.3) is 5.91 Å². The zero-order valence-electron chi connectivity index (χ0n) is 16.2. The predicted octanol–water partition coefficient (Wildman–Crippen LogP) is 4.19. The zero-order valence-corrected chi connectivity index (χ0v) is 16.2. The first-order chi connectivity index (χ1) is 14.6. The van der Waals surface area contributed by atoms with Crippen LogP contribution in [0, 0.1) is 0 Å². The van der Waals surface area contributed by atoms with Crippen molar-refractivity contribution in [2.75, 3.05) is 18.4 Å². The maximum Gasteiger partial charge on any atom is 0.387 e. The highest BCUT2D eigenvalue weighted by atomic mass is 19.3. The van der Waals surface area contributed by atoms with Crippen LogP contribution in [0.5, 0.6) is 5.75 Å². The van der Waals surface area contributed by atoms with Gasteiger partial charge in [0.05, 0.1) is 17.4 Å². The van der Waals surface area contributed by atoms with Crippen molar-refractivity contribution in [1.82, 2.24) is 15.1 Å². The number of hydrogen-bond acceptors (Lipinski definition) is 4. The Morgan fingerprint density at radius 3 is 2.60 bits per heavy atom. The maximum atomic E-state index is 12.5. The van der Waals surface area contributed by atoms with Gasteiger partial charge in [0.15, 0.2) is 0 Å². The molecule has 2 heterocycles. The highest BCUT2D eigenvalue weighted by molar-refractivity contribution is 6.04. The summed E-state index contributed by atoms with van der Waals surface area (Å²) in [6.07, 6.45) is 5.39. The van der Waals surface area contributed by atoms with Crippen LogP contribution in [0.25, 0.3) is 5.69 Å². The number of nitrogens with zero attached hydrogens (tertiary/aromatic N) is 2. The monoisotopic (exact) mass is 412 g/mol. The molecule has 4 rings (SSSR count). The fourth-order valence-electron chi connectivity index (χ4n) is 3.54. The second kappa shape index (κ2) is 9.04. The third-order valence-corrected chi connectivity index (χ3v) is 5.11. The lowest BCUT2D eigenvalue weighted by atomic mass is 9.92. The average Bonchev–Trinajstić information content (AvgIpc) is 3.25. The third-order valence-electron chi connectivity index (χ3n) is 5.11. The Hall–Kier alpha value is -3.26. The normalized spacial score (nSPS) is 16.4. The molecule has 3 aromatic rings. The summed E-state index contributed by atoms with van der Waals surface area (Å²) in [7, 11) is 0. The Labute approximate surface area is 172 Å². The summed E-state index contributed by atoms with van der Waals surface area (Å²) < 4.78 is 30.3. The van der Waals surface area contributed by atoms with Crippen LogP contribution in [-0.4, -0.2) is 35.4 Å². The lowest BCUT2D eigenvalue weighted by Crippen LogP contribution is -2.28. The van der Waals surface area contributed by atoms with E-state index in [1.807, 2.05) is 12.1 Å². The molecule has 1 amide bonds. The first-order valence-corrected chi connectivity index (χ1v) is 9.80. The van der Waals surface area contributed by atoms with Gasteiger partial charge in [-0.15, -0.1) is 0 Å². The number of piperidine rings is 1. The third kappa shape index (κ3) is 4.83. The first kappa shape index (κ1) is 20.0. The number of ether oxygens (including phenoxy) is 1. The van der Waals surface area contributed by atoms with Crippen molar-refractivity contribution < 1.29 is 18.3 Å². The lowest BCUT2D eigenvalue weighted by molar-refractivity contribution is -0.0498. The number of nitrogens with one attached hydrogen (secondary N) is 2. The van der Waals surface area contributed by atoms with Crippen LogP contribution in [-0.2, 0) is 0 Å². The average molecular weight is 412 g/mol. The summed E-state index contributed by atoms with van der Waals surface area (Å²) in [5.41, 5.74) is 3.01. The predicted molar refractivity (Wildman–Crippen MR) is 109 cm³/mol. The maximum absolute atomic E-state index is 12.5. The molecule has 2 aromatic carbocycles. The summed E-state index contributed by atoms with van der Waals surface area (Å²) in [6, 6.07) is 14.0. The number of anilines is 1. The van der Waals surface area contributed by atoms with Crippen LogP contribution in [0.15, 0.2) is 60.9 Å². The van der Waals surface area contributed by atoms with E-state index in [0.717, 1.165) is 13.1 Å². The van der Waals surface area contributed by atoms with E-state index in [9.17, 15) is 13.6 Å². The van der Waals surface area contributed by atoms with Gasteiger partial charge < -0.3 is 15.4 Å². The van der Waals surface area contributed by atoms with Crippen molar-refractivity contribution in [3.05, 3.63) is 72.1 Å². The van der Waals surface area contributed by atoms with Gasteiger partial charge >= 0.3 is 6.61 Å². The van der Waals surface area contributed by atoms with Crippen LogP contribution in [0.1, 0.15) is 34.7 Å². The topological polar surface area (TPSA) is 68.2 Å². The molecular weight excluding hydrogens is 390 g/mol. The van der Waals surface area contributed by atoms with Gasteiger partial charge in [0.2, 0.25) is 0 Å². The second-order valence-corrected chi connectivity index (χ2v) is 7.17. The zero-order chi connectivity index (χ0) is 20.9. The van der Waals surface area contributed by atoms with Crippen LogP contribution in [0.4, 0.5) is 14.5 Å². The Kier molecular flexibility index (Phi) is 6.04. The molecule has 0 spiro atoms.